The van der Waals surface area contributed by atoms with Gasteiger partial charge in [-0.15, -0.1) is 0 Å². The van der Waals surface area contributed by atoms with E-state index in [9.17, 15) is 18.3 Å². The van der Waals surface area contributed by atoms with Gasteiger partial charge in [0.15, 0.2) is 0 Å². The summed E-state index contributed by atoms with van der Waals surface area (Å²) in [4.78, 5) is 17.5. The highest BCUT2D eigenvalue weighted by molar-refractivity contribution is 7.89. The standard InChI is InChI=1S/C13H15N3O5S/c1-21-10-2-4-11(5-3-10)22(19,20)16-12(13(17)18)6-9-7-14-8-15-9/h2-5,7-8,12,16H,6H2,1H3,(H,14,15)(H,17,18)/p-1/t12-/m0/s1. The van der Waals surface area contributed by atoms with Crippen LogP contribution in [0.4, 0.5) is 0 Å². The van der Waals surface area contributed by atoms with E-state index < -0.39 is 22.0 Å². The van der Waals surface area contributed by atoms with Gasteiger partial charge in [0.25, 0.3) is 0 Å². The Morgan fingerprint density at radius 1 is 1.41 bits per heavy atom. The van der Waals surface area contributed by atoms with Crippen LogP contribution in [0.15, 0.2) is 41.7 Å². The molecule has 9 heteroatoms. The summed E-state index contributed by atoms with van der Waals surface area (Å²) in [6.45, 7) is 0. The Bertz CT molecular complexity index is 726. The van der Waals surface area contributed by atoms with E-state index in [2.05, 4.69) is 14.7 Å². The minimum absolute atomic E-state index is 0.0656. The second kappa shape index (κ2) is 6.58. The molecule has 0 fully saturated rings. The van der Waals surface area contributed by atoms with Crippen LogP contribution in [-0.2, 0) is 21.2 Å². The normalized spacial score (nSPS) is 12.8. The number of aromatic nitrogens is 2. The van der Waals surface area contributed by atoms with Gasteiger partial charge in [-0.2, -0.15) is 0 Å². The number of carbonyl (C=O) groups excluding carboxylic acids is 1. The quantitative estimate of drug-likeness (QED) is 0.677. The number of aromatic amines is 1. The highest BCUT2D eigenvalue weighted by atomic mass is 32.2. The first-order valence-corrected chi connectivity index (χ1v) is 7.75. The Hall–Kier alpha value is -2.39. The first-order chi connectivity index (χ1) is 10.4. The molecule has 0 aliphatic rings. The maximum absolute atomic E-state index is 12.2. The van der Waals surface area contributed by atoms with Crippen LogP contribution in [-0.4, -0.2) is 37.5 Å². The first-order valence-electron chi connectivity index (χ1n) is 6.27. The van der Waals surface area contributed by atoms with Gasteiger partial charge in [-0.05, 0) is 24.3 Å². The van der Waals surface area contributed by atoms with E-state index in [4.69, 9.17) is 4.74 Å². The molecule has 0 radical (unpaired) electrons. The monoisotopic (exact) mass is 324 g/mol. The smallest absolute Gasteiger partial charge is 0.241 e. The molecule has 118 valence electrons. The average molecular weight is 324 g/mol. The first kappa shape index (κ1) is 16.0. The number of ether oxygens (including phenoxy) is 1. The maximum Gasteiger partial charge on any atom is 0.241 e. The van der Waals surface area contributed by atoms with Gasteiger partial charge in [-0.3, -0.25) is 0 Å². The summed E-state index contributed by atoms with van der Waals surface area (Å²) in [5.74, 6) is -1.03. The molecular formula is C13H14N3O5S-. The lowest BCUT2D eigenvalue weighted by atomic mass is 10.2. The lowest BCUT2D eigenvalue weighted by Gasteiger charge is -2.19. The molecule has 2 aromatic rings. The summed E-state index contributed by atoms with van der Waals surface area (Å²) in [6, 6.07) is 4.18. The van der Waals surface area contributed by atoms with Gasteiger partial charge in [0.05, 0.1) is 30.3 Å². The highest BCUT2D eigenvalue weighted by Gasteiger charge is 2.21. The van der Waals surface area contributed by atoms with E-state index in [-0.39, 0.29) is 11.3 Å². The van der Waals surface area contributed by atoms with Crippen LogP contribution in [0, 0.1) is 0 Å². The summed E-state index contributed by atoms with van der Waals surface area (Å²) < 4.78 is 31.5. The Kier molecular flexibility index (Phi) is 4.78. The molecule has 1 atom stereocenters. The number of carboxylic acid groups (broad SMARTS) is 1. The van der Waals surface area contributed by atoms with Gasteiger partial charge in [0, 0.05) is 18.3 Å². The van der Waals surface area contributed by atoms with E-state index >= 15 is 0 Å². The van der Waals surface area contributed by atoms with Crippen LogP contribution < -0.4 is 14.6 Å². The summed E-state index contributed by atoms with van der Waals surface area (Å²) >= 11 is 0. The van der Waals surface area contributed by atoms with Crippen LogP contribution in [0.3, 0.4) is 0 Å². The van der Waals surface area contributed by atoms with Crippen molar-refractivity contribution in [1.29, 1.82) is 0 Å². The van der Waals surface area contributed by atoms with Gasteiger partial charge >= 0.3 is 0 Å². The van der Waals surface area contributed by atoms with Crippen molar-refractivity contribution in [3.63, 3.8) is 0 Å². The molecule has 0 aliphatic carbocycles. The second-order valence-electron chi connectivity index (χ2n) is 4.45. The molecule has 0 aliphatic heterocycles. The number of sulfonamides is 1. The molecule has 0 spiro atoms. The fourth-order valence-corrected chi connectivity index (χ4v) is 2.98. The molecule has 0 saturated heterocycles. The molecular weight excluding hydrogens is 310 g/mol. The summed E-state index contributed by atoms with van der Waals surface area (Å²) in [6.07, 6.45) is 2.69. The molecule has 2 N–H and O–H groups in total. The molecule has 0 bridgehead atoms. The number of hydrogen-bond acceptors (Lipinski definition) is 6. The number of nitrogens with one attached hydrogen (secondary N) is 2. The van der Waals surface area contributed by atoms with Crippen molar-refractivity contribution in [1.82, 2.24) is 14.7 Å². The Balaban J connectivity index is 2.18. The lowest BCUT2D eigenvalue weighted by molar-refractivity contribution is -0.307. The summed E-state index contributed by atoms with van der Waals surface area (Å²) in [5, 5.41) is 11.1. The van der Waals surface area contributed by atoms with E-state index in [1.54, 1.807) is 0 Å². The molecule has 1 aromatic carbocycles. The van der Waals surface area contributed by atoms with Crippen LogP contribution >= 0.6 is 0 Å². The maximum atomic E-state index is 12.2. The number of carboxylic acids is 1. The zero-order valence-corrected chi connectivity index (χ0v) is 12.5. The van der Waals surface area contributed by atoms with Gasteiger partial charge in [-0.25, -0.2) is 18.1 Å². The third-order valence-corrected chi connectivity index (χ3v) is 4.42. The van der Waals surface area contributed by atoms with E-state index in [0.29, 0.717) is 11.4 Å². The minimum Gasteiger partial charge on any atom is -0.548 e. The number of carbonyl (C=O) groups is 1. The molecule has 22 heavy (non-hydrogen) atoms. The van der Waals surface area contributed by atoms with Crippen molar-refractivity contribution >= 4 is 16.0 Å². The third kappa shape index (κ3) is 3.83. The average Bonchev–Trinajstić information content (AvgIpc) is 2.99. The predicted molar refractivity (Wildman–Crippen MR) is 74.4 cm³/mol. The third-order valence-electron chi connectivity index (χ3n) is 2.93. The Morgan fingerprint density at radius 2 is 2.09 bits per heavy atom. The number of H-pyrrole nitrogens is 1. The van der Waals surface area contributed by atoms with Crippen LogP contribution in [0.5, 0.6) is 5.75 Å². The van der Waals surface area contributed by atoms with Crippen LogP contribution in [0.25, 0.3) is 0 Å². The topological polar surface area (TPSA) is 124 Å². The van der Waals surface area contributed by atoms with Crippen molar-refractivity contribution in [3.05, 3.63) is 42.5 Å². The summed E-state index contributed by atoms with van der Waals surface area (Å²) in [7, 11) is -2.54. The molecule has 1 aromatic heterocycles. The SMILES string of the molecule is COc1ccc(S(=O)(=O)N[C@@H](Cc2cnc[nH]2)C(=O)[O-])cc1. The lowest BCUT2D eigenvalue weighted by Crippen LogP contribution is -2.49. The molecule has 0 amide bonds. The number of rotatable bonds is 7. The molecule has 8 nitrogen and oxygen atoms in total. The van der Waals surface area contributed by atoms with Crippen LogP contribution in [0.1, 0.15) is 5.69 Å². The van der Waals surface area contributed by atoms with Crippen LogP contribution in [0.2, 0.25) is 0 Å². The predicted octanol–water partition coefficient (Wildman–Crippen LogP) is -0.942. The molecule has 2 rings (SSSR count). The van der Waals surface area contributed by atoms with Crippen molar-refractivity contribution in [2.75, 3.05) is 7.11 Å². The number of hydrogen-bond donors (Lipinski definition) is 2. The van der Waals surface area contributed by atoms with Crippen molar-refractivity contribution in [2.45, 2.75) is 17.4 Å². The van der Waals surface area contributed by atoms with Crippen molar-refractivity contribution < 1.29 is 23.1 Å². The van der Waals surface area contributed by atoms with Gasteiger partial charge in [0.2, 0.25) is 10.0 Å². The largest absolute Gasteiger partial charge is 0.548 e. The van der Waals surface area contributed by atoms with Gasteiger partial charge in [-0.1, -0.05) is 0 Å². The van der Waals surface area contributed by atoms with Crippen molar-refractivity contribution in [3.8, 4) is 5.75 Å². The zero-order chi connectivity index (χ0) is 16.2. The molecule has 0 saturated carbocycles. The number of nitrogens with zero attached hydrogens (tertiary/aromatic N) is 1. The number of methoxy groups -OCH3 is 1. The van der Waals surface area contributed by atoms with Gasteiger partial charge in [0.1, 0.15) is 5.75 Å². The van der Waals surface area contributed by atoms with E-state index in [1.165, 1.54) is 43.9 Å². The fraction of sp³-hybridized carbons (Fsp3) is 0.231. The number of benzene rings is 1. The number of aliphatic carboxylic acids is 1. The molecule has 0 unspecified atom stereocenters. The second-order valence-corrected chi connectivity index (χ2v) is 6.16. The van der Waals surface area contributed by atoms with Crippen molar-refractivity contribution in [2.24, 2.45) is 0 Å². The number of imidazole rings is 1. The highest BCUT2D eigenvalue weighted by Crippen LogP contribution is 2.16. The Morgan fingerprint density at radius 3 is 2.59 bits per heavy atom. The van der Waals surface area contributed by atoms with E-state index in [1.807, 2.05) is 0 Å². The summed E-state index contributed by atoms with van der Waals surface area (Å²) in [5.41, 5.74) is 0.478. The zero-order valence-electron chi connectivity index (χ0n) is 11.6. The van der Waals surface area contributed by atoms with E-state index in [0.717, 1.165) is 0 Å². The van der Waals surface area contributed by atoms with Gasteiger partial charge < -0.3 is 19.6 Å². The minimum atomic E-state index is -3.99. The molecule has 1 heterocycles. The fourth-order valence-electron chi connectivity index (χ4n) is 1.80. The Labute approximate surface area is 127 Å².